The third-order valence-electron chi connectivity index (χ3n) is 2.36. The zero-order valence-corrected chi connectivity index (χ0v) is 11.1. The number of carbonyl (C=O) groups excluding carboxylic acids is 2. The van der Waals surface area contributed by atoms with E-state index in [1.165, 1.54) is 6.07 Å². The minimum Gasteiger partial charge on any atom is -0.381 e. The summed E-state index contributed by atoms with van der Waals surface area (Å²) < 4.78 is 14.1. The molecule has 2 amide bonds. The predicted molar refractivity (Wildman–Crippen MR) is 66.4 cm³/mol. The minimum atomic E-state index is -1.50. The van der Waals surface area contributed by atoms with Crippen LogP contribution in [0.3, 0.4) is 0 Å². The Morgan fingerprint density at radius 2 is 2.17 bits per heavy atom. The van der Waals surface area contributed by atoms with Crippen molar-refractivity contribution >= 4 is 27.7 Å². The van der Waals surface area contributed by atoms with Gasteiger partial charge in [0.05, 0.1) is 12.1 Å². The topological polar surface area (TPSA) is 92.4 Å². The Balaban J connectivity index is 2.85. The van der Waals surface area contributed by atoms with Gasteiger partial charge in [-0.25, -0.2) is 4.39 Å². The van der Waals surface area contributed by atoms with Gasteiger partial charge < -0.3 is 16.2 Å². The first kappa shape index (κ1) is 14.6. The lowest BCUT2D eigenvalue weighted by atomic mass is 10.1. The molecule has 0 spiro atoms. The number of hydrogen-bond donors (Lipinski definition) is 3. The molecule has 5 nitrogen and oxygen atoms in total. The quantitative estimate of drug-likeness (QED) is 0.753. The number of nitrogens with one attached hydrogen (secondary N) is 1. The second-order valence-electron chi connectivity index (χ2n) is 3.66. The summed E-state index contributed by atoms with van der Waals surface area (Å²) in [7, 11) is 0. The molecule has 1 rings (SSSR count). The van der Waals surface area contributed by atoms with Crippen molar-refractivity contribution in [3.63, 3.8) is 0 Å². The lowest BCUT2D eigenvalue weighted by Crippen LogP contribution is -2.40. The van der Waals surface area contributed by atoms with Crippen molar-refractivity contribution in [2.45, 2.75) is 13.0 Å². The van der Waals surface area contributed by atoms with E-state index in [-0.39, 0.29) is 12.1 Å². The highest BCUT2D eigenvalue weighted by Gasteiger charge is 2.18. The molecular weight excluding hydrogens is 307 g/mol. The molecule has 0 radical (unpaired) electrons. The molecule has 1 aromatic carbocycles. The van der Waals surface area contributed by atoms with E-state index >= 15 is 0 Å². The summed E-state index contributed by atoms with van der Waals surface area (Å²) in [5.74, 6) is -2.35. The summed E-state index contributed by atoms with van der Waals surface area (Å²) in [5.41, 5.74) is 5.12. The molecule has 18 heavy (non-hydrogen) atoms. The SMILES string of the molecule is Cc1c(Br)ccc(F)c1C(=O)NCC(O)C(N)=O. The second kappa shape index (κ2) is 5.92. The van der Waals surface area contributed by atoms with Crippen LogP contribution >= 0.6 is 15.9 Å². The third-order valence-corrected chi connectivity index (χ3v) is 3.22. The highest BCUT2D eigenvalue weighted by molar-refractivity contribution is 9.10. The van der Waals surface area contributed by atoms with E-state index in [0.29, 0.717) is 10.0 Å². The number of hydrogen-bond acceptors (Lipinski definition) is 3. The highest BCUT2D eigenvalue weighted by atomic mass is 79.9. The van der Waals surface area contributed by atoms with Crippen molar-refractivity contribution in [2.75, 3.05) is 6.54 Å². The van der Waals surface area contributed by atoms with E-state index in [1.807, 2.05) is 0 Å². The molecule has 0 aliphatic carbocycles. The molecule has 7 heteroatoms. The van der Waals surface area contributed by atoms with E-state index in [9.17, 15) is 14.0 Å². The zero-order chi connectivity index (χ0) is 13.9. The molecule has 0 bridgehead atoms. The maximum atomic E-state index is 13.5. The fourth-order valence-electron chi connectivity index (χ4n) is 1.31. The number of aliphatic hydroxyl groups excluding tert-OH is 1. The van der Waals surface area contributed by atoms with Crippen molar-refractivity contribution < 1.29 is 19.1 Å². The molecule has 0 aliphatic heterocycles. The summed E-state index contributed by atoms with van der Waals surface area (Å²) >= 11 is 3.18. The molecule has 1 aromatic rings. The molecule has 0 heterocycles. The monoisotopic (exact) mass is 318 g/mol. The molecular formula is C11H12BrFN2O3. The van der Waals surface area contributed by atoms with Gasteiger partial charge in [0.25, 0.3) is 5.91 Å². The van der Waals surface area contributed by atoms with Crippen LogP contribution in [0.25, 0.3) is 0 Å². The number of amides is 2. The highest BCUT2D eigenvalue weighted by Crippen LogP contribution is 2.22. The molecule has 0 aromatic heterocycles. The van der Waals surface area contributed by atoms with Crippen LogP contribution < -0.4 is 11.1 Å². The van der Waals surface area contributed by atoms with Crippen LogP contribution in [0.15, 0.2) is 16.6 Å². The van der Waals surface area contributed by atoms with Crippen molar-refractivity contribution in [3.8, 4) is 0 Å². The summed E-state index contributed by atoms with van der Waals surface area (Å²) in [6.45, 7) is 1.21. The maximum Gasteiger partial charge on any atom is 0.254 e. The molecule has 4 N–H and O–H groups in total. The lowest BCUT2D eigenvalue weighted by molar-refractivity contribution is -0.125. The van der Waals surface area contributed by atoms with E-state index in [2.05, 4.69) is 21.2 Å². The van der Waals surface area contributed by atoms with Crippen molar-refractivity contribution in [2.24, 2.45) is 5.73 Å². The van der Waals surface area contributed by atoms with Gasteiger partial charge in [0.1, 0.15) is 11.9 Å². The number of halogens is 2. The van der Waals surface area contributed by atoms with Gasteiger partial charge in [-0.05, 0) is 24.6 Å². The Morgan fingerprint density at radius 3 is 2.72 bits per heavy atom. The molecule has 1 atom stereocenters. The second-order valence-corrected chi connectivity index (χ2v) is 4.51. The van der Waals surface area contributed by atoms with Crippen molar-refractivity contribution in [3.05, 3.63) is 33.5 Å². The Morgan fingerprint density at radius 1 is 1.56 bits per heavy atom. The standard InChI is InChI=1S/C11H12BrFN2O3/c1-5-6(12)2-3-7(13)9(5)11(18)15-4-8(16)10(14)17/h2-3,8,16H,4H2,1H3,(H2,14,17)(H,15,18). The van der Waals surface area contributed by atoms with Crippen molar-refractivity contribution in [1.29, 1.82) is 0 Å². The van der Waals surface area contributed by atoms with Crippen LogP contribution in [-0.2, 0) is 4.79 Å². The Labute approximate surface area is 111 Å². The molecule has 0 aliphatic rings. The first-order valence-electron chi connectivity index (χ1n) is 5.04. The molecule has 0 saturated carbocycles. The Hall–Kier alpha value is -1.47. The first-order valence-corrected chi connectivity index (χ1v) is 5.84. The number of carbonyl (C=O) groups is 2. The van der Waals surface area contributed by atoms with Crippen LogP contribution in [0, 0.1) is 12.7 Å². The van der Waals surface area contributed by atoms with Gasteiger partial charge in [-0.3, -0.25) is 9.59 Å². The lowest BCUT2D eigenvalue weighted by Gasteiger charge is -2.11. The normalized spacial score (nSPS) is 12.0. The predicted octanol–water partition coefficient (Wildman–Crippen LogP) is 0.473. The summed E-state index contributed by atoms with van der Waals surface area (Å²) in [5, 5.41) is 11.4. The van der Waals surface area contributed by atoms with Crippen LogP contribution in [0.2, 0.25) is 0 Å². The minimum absolute atomic E-state index is 0.138. The van der Waals surface area contributed by atoms with Gasteiger partial charge in [0.15, 0.2) is 0 Å². The smallest absolute Gasteiger partial charge is 0.254 e. The number of benzene rings is 1. The summed E-state index contributed by atoms with van der Waals surface area (Å²) in [6, 6.07) is 2.64. The molecule has 0 saturated heterocycles. The van der Waals surface area contributed by atoms with Crippen molar-refractivity contribution in [1.82, 2.24) is 5.32 Å². The largest absolute Gasteiger partial charge is 0.381 e. The Kier molecular flexibility index (Phi) is 4.80. The average Bonchev–Trinajstić information content (AvgIpc) is 2.31. The molecule has 98 valence electrons. The fourth-order valence-corrected chi connectivity index (χ4v) is 1.64. The van der Waals surface area contributed by atoms with E-state index in [0.717, 1.165) is 6.07 Å². The van der Waals surface area contributed by atoms with Crippen LogP contribution in [0.4, 0.5) is 4.39 Å². The van der Waals surface area contributed by atoms with Gasteiger partial charge in [0, 0.05) is 4.47 Å². The molecule has 1 unspecified atom stereocenters. The van der Waals surface area contributed by atoms with Crippen LogP contribution in [-0.4, -0.2) is 29.6 Å². The summed E-state index contributed by atoms with van der Waals surface area (Å²) in [4.78, 5) is 22.3. The van der Waals surface area contributed by atoms with Gasteiger partial charge >= 0.3 is 0 Å². The Bertz CT molecular complexity index is 493. The first-order chi connectivity index (χ1) is 8.34. The number of aliphatic hydroxyl groups is 1. The van der Waals surface area contributed by atoms with E-state index < -0.39 is 23.7 Å². The van der Waals surface area contributed by atoms with E-state index in [1.54, 1.807) is 6.92 Å². The van der Waals surface area contributed by atoms with Gasteiger partial charge in [-0.15, -0.1) is 0 Å². The van der Waals surface area contributed by atoms with E-state index in [4.69, 9.17) is 10.8 Å². The summed E-state index contributed by atoms with van der Waals surface area (Å²) in [6.07, 6.45) is -1.50. The zero-order valence-electron chi connectivity index (χ0n) is 9.54. The van der Waals surface area contributed by atoms with Crippen LogP contribution in [0.5, 0.6) is 0 Å². The van der Waals surface area contributed by atoms with Gasteiger partial charge in [0.2, 0.25) is 5.91 Å². The molecule has 0 fully saturated rings. The number of nitrogens with two attached hydrogens (primary N) is 1. The fraction of sp³-hybridized carbons (Fsp3) is 0.273. The van der Waals surface area contributed by atoms with Crippen LogP contribution in [0.1, 0.15) is 15.9 Å². The number of rotatable bonds is 4. The third kappa shape index (κ3) is 3.27. The number of primary amides is 1. The van der Waals surface area contributed by atoms with Gasteiger partial charge in [-0.2, -0.15) is 0 Å². The maximum absolute atomic E-state index is 13.5. The van der Waals surface area contributed by atoms with Gasteiger partial charge in [-0.1, -0.05) is 15.9 Å². The average molecular weight is 319 g/mol.